The Morgan fingerprint density at radius 3 is 2.56 bits per heavy atom. The normalized spacial score (nSPS) is 16.8. The van der Waals surface area contributed by atoms with Crippen LogP contribution in [0.25, 0.3) is 10.2 Å². The lowest BCUT2D eigenvalue weighted by Crippen LogP contribution is -2.48. The number of benzene rings is 2. The molecule has 3 heterocycles. The lowest BCUT2D eigenvalue weighted by molar-refractivity contribution is -0.384. The molecule has 1 aromatic heterocycles. The van der Waals surface area contributed by atoms with Crippen LogP contribution in [-0.4, -0.2) is 79.5 Å². The molecule has 0 spiro atoms. The first-order valence-electron chi connectivity index (χ1n) is 11.1. The van der Waals surface area contributed by atoms with Gasteiger partial charge in [-0.25, -0.2) is 4.98 Å². The molecule has 0 radical (unpaired) electrons. The third-order valence-corrected chi connectivity index (χ3v) is 8.05. The van der Waals surface area contributed by atoms with Gasteiger partial charge in [-0.1, -0.05) is 17.4 Å². The van der Waals surface area contributed by atoms with Crippen LogP contribution in [0.4, 0.5) is 16.5 Å². The van der Waals surface area contributed by atoms with Crippen molar-refractivity contribution < 1.29 is 14.5 Å². The molecular weight excluding hydrogens is 474 g/mol. The third-order valence-electron chi connectivity index (χ3n) is 6.20. The first kappa shape index (κ1) is 22.9. The van der Waals surface area contributed by atoms with Crippen LogP contribution in [0.15, 0.2) is 41.3 Å². The molecular formula is C23H25N5O4S2. The molecule has 2 saturated heterocycles. The summed E-state index contributed by atoms with van der Waals surface area (Å²) in [6.45, 7) is 4.71. The Kier molecular flexibility index (Phi) is 6.57. The average Bonchev–Trinajstić information content (AvgIpc) is 3.33. The highest BCUT2D eigenvalue weighted by atomic mass is 32.2. The average molecular weight is 500 g/mol. The first-order chi connectivity index (χ1) is 16.5. The van der Waals surface area contributed by atoms with E-state index in [1.165, 1.54) is 6.07 Å². The van der Waals surface area contributed by atoms with E-state index in [1.807, 2.05) is 4.90 Å². The van der Waals surface area contributed by atoms with Gasteiger partial charge in [0.2, 0.25) is 0 Å². The molecule has 0 atom stereocenters. The number of amides is 1. The summed E-state index contributed by atoms with van der Waals surface area (Å²) in [6, 6.07) is 11.0. The van der Waals surface area contributed by atoms with Crippen LogP contribution >= 0.6 is 23.1 Å². The SMILES string of the molecule is CSc1cccc2sc(N3CCN(C(=O)c4ccc(N5CCOCC5)c([N+](=O)[O-])c4)CC3)nc12. The maximum Gasteiger partial charge on any atom is 0.293 e. The summed E-state index contributed by atoms with van der Waals surface area (Å²) < 4.78 is 6.51. The van der Waals surface area contributed by atoms with Crippen LogP contribution < -0.4 is 9.80 Å². The highest BCUT2D eigenvalue weighted by molar-refractivity contribution is 7.98. The molecule has 2 aliphatic rings. The molecule has 5 rings (SSSR count). The van der Waals surface area contributed by atoms with Crippen LogP contribution in [0.3, 0.4) is 0 Å². The van der Waals surface area contributed by atoms with Gasteiger partial charge in [0.05, 0.1) is 28.4 Å². The number of hydrogen-bond donors (Lipinski definition) is 0. The minimum atomic E-state index is -0.407. The molecule has 1 amide bonds. The summed E-state index contributed by atoms with van der Waals surface area (Å²) in [5.74, 6) is -0.176. The number of ether oxygens (including phenoxy) is 1. The standard InChI is InChI=1S/C23H25N5O4S2/c1-33-19-3-2-4-20-21(19)24-23(34-20)27-9-7-26(8-10-27)22(29)16-5-6-17(18(15-16)28(30)31)25-11-13-32-14-12-25/h2-6,15H,7-14H2,1H3. The highest BCUT2D eigenvalue weighted by Crippen LogP contribution is 2.35. The van der Waals surface area contributed by atoms with Crippen LogP contribution in [-0.2, 0) is 4.74 Å². The zero-order valence-corrected chi connectivity index (χ0v) is 20.4. The second-order valence-electron chi connectivity index (χ2n) is 8.14. The molecule has 0 saturated carbocycles. The van der Waals surface area contributed by atoms with E-state index in [9.17, 15) is 14.9 Å². The largest absolute Gasteiger partial charge is 0.378 e. The van der Waals surface area contributed by atoms with E-state index in [4.69, 9.17) is 9.72 Å². The number of rotatable bonds is 5. The molecule has 0 unspecified atom stereocenters. The number of carbonyl (C=O) groups is 1. The fourth-order valence-corrected chi connectivity index (χ4v) is 6.04. The van der Waals surface area contributed by atoms with Gasteiger partial charge in [0.15, 0.2) is 5.13 Å². The number of piperazine rings is 1. The van der Waals surface area contributed by atoms with Gasteiger partial charge in [-0.2, -0.15) is 0 Å². The number of thiazole rings is 1. The minimum absolute atomic E-state index is 0.0366. The molecule has 11 heteroatoms. The molecule has 34 heavy (non-hydrogen) atoms. The molecule has 9 nitrogen and oxygen atoms in total. The van der Waals surface area contributed by atoms with Crippen molar-refractivity contribution in [2.45, 2.75) is 4.90 Å². The molecule has 2 fully saturated rings. The lowest BCUT2D eigenvalue weighted by Gasteiger charge is -2.34. The van der Waals surface area contributed by atoms with Crippen molar-refractivity contribution in [1.82, 2.24) is 9.88 Å². The Morgan fingerprint density at radius 1 is 1.09 bits per heavy atom. The minimum Gasteiger partial charge on any atom is -0.378 e. The first-order valence-corrected chi connectivity index (χ1v) is 13.2. The number of nitrogens with zero attached hydrogens (tertiary/aromatic N) is 5. The fraction of sp³-hybridized carbons (Fsp3) is 0.391. The summed E-state index contributed by atoms with van der Waals surface area (Å²) in [4.78, 5) is 36.4. The summed E-state index contributed by atoms with van der Waals surface area (Å²) in [6.07, 6.45) is 2.05. The van der Waals surface area contributed by atoms with Gasteiger partial charge in [0, 0.05) is 55.8 Å². The van der Waals surface area contributed by atoms with Gasteiger partial charge >= 0.3 is 0 Å². The van der Waals surface area contributed by atoms with Gasteiger partial charge in [0.1, 0.15) is 5.69 Å². The Bertz CT molecular complexity index is 1220. The van der Waals surface area contributed by atoms with E-state index in [1.54, 1.807) is 40.1 Å². The number of carbonyl (C=O) groups excluding carboxylic acids is 1. The smallest absolute Gasteiger partial charge is 0.293 e. The van der Waals surface area contributed by atoms with E-state index in [0.717, 1.165) is 20.2 Å². The predicted octanol–water partition coefficient (Wildman–Crippen LogP) is 3.73. The number of fused-ring (bicyclic) bond motifs is 1. The summed E-state index contributed by atoms with van der Waals surface area (Å²) in [7, 11) is 0. The van der Waals surface area contributed by atoms with Crippen molar-refractivity contribution in [3.63, 3.8) is 0 Å². The van der Waals surface area contributed by atoms with Crippen LogP contribution in [0, 0.1) is 10.1 Å². The van der Waals surface area contributed by atoms with Crippen LogP contribution in [0.2, 0.25) is 0 Å². The zero-order chi connectivity index (χ0) is 23.7. The van der Waals surface area contributed by atoms with Crippen molar-refractivity contribution in [2.24, 2.45) is 0 Å². The van der Waals surface area contributed by atoms with Crippen molar-refractivity contribution in [3.8, 4) is 0 Å². The number of hydrogen-bond acceptors (Lipinski definition) is 9. The maximum atomic E-state index is 13.2. The zero-order valence-electron chi connectivity index (χ0n) is 18.8. The third kappa shape index (κ3) is 4.42. The quantitative estimate of drug-likeness (QED) is 0.298. The number of nitro groups is 1. The number of nitro benzene ring substituents is 1. The predicted molar refractivity (Wildman–Crippen MR) is 136 cm³/mol. The van der Waals surface area contributed by atoms with E-state index in [0.29, 0.717) is 63.7 Å². The van der Waals surface area contributed by atoms with Crippen LogP contribution in [0.5, 0.6) is 0 Å². The second-order valence-corrected chi connectivity index (χ2v) is 10.00. The van der Waals surface area contributed by atoms with Gasteiger partial charge < -0.3 is 19.4 Å². The monoisotopic (exact) mass is 499 g/mol. The lowest BCUT2D eigenvalue weighted by atomic mass is 10.1. The number of anilines is 2. The topological polar surface area (TPSA) is 92.0 Å². The highest BCUT2D eigenvalue weighted by Gasteiger charge is 2.27. The Hall–Kier alpha value is -2.89. The number of thioether (sulfide) groups is 1. The second kappa shape index (κ2) is 9.77. The molecule has 2 aliphatic heterocycles. The summed E-state index contributed by atoms with van der Waals surface area (Å²) >= 11 is 3.36. The van der Waals surface area contributed by atoms with E-state index < -0.39 is 4.92 Å². The van der Waals surface area contributed by atoms with E-state index in [-0.39, 0.29) is 11.6 Å². The molecule has 178 valence electrons. The van der Waals surface area contributed by atoms with Crippen molar-refractivity contribution in [3.05, 3.63) is 52.1 Å². The molecule has 0 N–H and O–H groups in total. The van der Waals surface area contributed by atoms with Gasteiger partial charge in [-0.05, 0) is 30.5 Å². The van der Waals surface area contributed by atoms with E-state index in [2.05, 4.69) is 29.4 Å². The van der Waals surface area contributed by atoms with Gasteiger partial charge in [0.25, 0.3) is 11.6 Å². The van der Waals surface area contributed by atoms with Crippen molar-refractivity contribution in [1.29, 1.82) is 0 Å². The Morgan fingerprint density at radius 2 is 1.85 bits per heavy atom. The maximum absolute atomic E-state index is 13.2. The number of morpholine rings is 1. The fourth-order valence-electron chi connectivity index (χ4n) is 4.37. The van der Waals surface area contributed by atoms with E-state index >= 15 is 0 Å². The summed E-state index contributed by atoms with van der Waals surface area (Å²) in [5, 5.41) is 12.7. The Balaban J connectivity index is 1.29. The molecule has 0 aliphatic carbocycles. The van der Waals surface area contributed by atoms with Crippen molar-refractivity contribution >= 4 is 55.7 Å². The van der Waals surface area contributed by atoms with Gasteiger partial charge in [-0.15, -0.1) is 11.8 Å². The Labute approximate surface area is 205 Å². The number of para-hydroxylation sites is 1. The molecule has 3 aromatic rings. The van der Waals surface area contributed by atoms with Crippen LogP contribution in [0.1, 0.15) is 10.4 Å². The number of aromatic nitrogens is 1. The van der Waals surface area contributed by atoms with Gasteiger partial charge in [-0.3, -0.25) is 14.9 Å². The molecule has 2 aromatic carbocycles. The molecule has 0 bridgehead atoms. The summed E-state index contributed by atoms with van der Waals surface area (Å²) in [5.41, 5.74) is 1.88. The van der Waals surface area contributed by atoms with Crippen molar-refractivity contribution in [2.75, 3.05) is 68.5 Å².